The van der Waals surface area contributed by atoms with Gasteiger partial charge in [0.1, 0.15) is 11.5 Å². The number of hydrogen-bond acceptors (Lipinski definition) is 4. The highest BCUT2D eigenvalue weighted by Gasteiger charge is 2.25. The van der Waals surface area contributed by atoms with Gasteiger partial charge in [-0.15, -0.1) is 0 Å². The zero-order valence-electron chi connectivity index (χ0n) is 13.4. The third kappa shape index (κ3) is 4.19. The van der Waals surface area contributed by atoms with Crippen LogP contribution in [0.2, 0.25) is 0 Å². The first-order chi connectivity index (χ1) is 11.6. The van der Waals surface area contributed by atoms with E-state index < -0.39 is 0 Å². The summed E-state index contributed by atoms with van der Waals surface area (Å²) < 4.78 is 0.991. The number of rotatable bonds is 5. The van der Waals surface area contributed by atoms with Crippen LogP contribution in [0.4, 0.5) is 0 Å². The molecule has 1 fully saturated rings. The standard InChI is InChI=1S/C18H20BrN3O2/c19-15-4-2-1-3-14(15)11-17(23)13-5-9-22(10-6-13)12-16-18(24)21-8-7-20-16/h1-4,7-8,13H,5-6,9-12H2,(H,21,24). The summed E-state index contributed by atoms with van der Waals surface area (Å²) in [4.78, 5) is 33.2. The fourth-order valence-corrected chi connectivity index (χ4v) is 3.52. The van der Waals surface area contributed by atoms with Gasteiger partial charge < -0.3 is 4.98 Å². The largest absolute Gasteiger partial charge is 0.326 e. The van der Waals surface area contributed by atoms with E-state index >= 15 is 0 Å². The Morgan fingerprint density at radius 3 is 2.75 bits per heavy atom. The second kappa shape index (κ2) is 7.85. The number of halogens is 1. The quantitative estimate of drug-likeness (QED) is 0.852. The molecule has 0 radical (unpaired) electrons. The molecule has 0 aliphatic carbocycles. The molecule has 0 spiro atoms. The van der Waals surface area contributed by atoms with Crippen molar-refractivity contribution in [2.75, 3.05) is 13.1 Å². The fraction of sp³-hybridized carbons (Fsp3) is 0.389. The maximum Gasteiger partial charge on any atom is 0.270 e. The van der Waals surface area contributed by atoms with Crippen molar-refractivity contribution >= 4 is 21.7 Å². The third-order valence-electron chi connectivity index (χ3n) is 4.52. The second-order valence-electron chi connectivity index (χ2n) is 6.15. The number of likely N-dealkylation sites (tertiary alicyclic amines) is 1. The van der Waals surface area contributed by atoms with Crippen LogP contribution in [0.5, 0.6) is 0 Å². The van der Waals surface area contributed by atoms with E-state index in [0.29, 0.717) is 24.4 Å². The van der Waals surface area contributed by atoms with Gasteiger partial charge in [0.25, 0.3) is 5.56 Å². The highest BCUT2D eigenvalue weighted by Crippen LogP contribution is 2.23. The molecule has 6 heteroatoms. The van der Waals surface area contributed by atoms with Crippen molar-refractivity contribution in [2.24, 2.45) is 5.92 Å². The first kappa shape index (κ1) is 17.0. The average molecular weight is 390 g/mol. The maximum absolute atomic E-state index is 12.5. The molecule has 1 saturated heterocycles. The molecule has 0 amide bonds. The highest BCUT2D eigenvalue weighted by atomic mass is 79.9. The zero-order chi connectivity index (χ0) is 16.9. The number of benzene rings is 1. The molecule has 0 atom stereocenters. The van der Waals surface area contributed by atoms with E-state index in [-0.39, 0.29) is 11.5 Å². The Kier molecular flexibility index (Phi) is 5.58. The summed E-state index contributed by atoms with van der Waals surface area (Å²) in [5.74, 6) is 0.410. The average Bonchev–Trinajstić information content (AvgIpc) is 2.59. The maximum atomic E-state index is 12.5. The van der Waals surface area contributed by atoms with Gasteiger partial charge in [-0.05, 0) is 37.6 Å². The van der Waals surface area contributed by atoms with Gasteiger partial charge >= 0.3 is 0 Å². The lowest BCUT2D eigenvalue weighted by Crippen LogP contribution is -2.37. The van der Waals surface area contributed by atoms with Crippen molar-refractivity contribution in [3.8, 4) is 0 Å². The number of carbonyl (C=O) groups is 1. The SMILES string of the molecule is O=C(Cc1ccccc1Br)C1CCN(Cc2ncc[nH]c2=O)CC1. The summed E-state index contributed by atoms with van der Waals surface area (Å²) in [5, 5.41) is 0. The molecule has 0 saturated carbocycles. The summed E-state index contributed by atoms with van der Waals surface area (Å²) in [5.41, 5.74) is 1.45. The summed E-state index contributed by atoms with van der Waals surface area (Å²) >= 11 is 3.50. The predicted molar refractivity (Wildman–Crippen MR) is 95.7 cm³/mol. The number of aromatic nitrogens is 2. The van der Waals surface area contributed by atoms with Crippen molar-refractivity contribution in [2.45, 2.75) is 25.8 Å². The van der Waals surface area contributed by atoms with E-state index in [1.807, 2.05) is 24.3 Å². The Morgan fingerprint density at radius 2 is 2.04 bits per heavy atom. The molecule has 1 aromatic heterocycles. The van der Waals surface area contributed by atoms with Crippen molar-refractivity contribution < 1.29 is 4.79 Å². The number of nitrogens with one attached hydrogen (secondary N) is 1. The molecule has 1 aliphatic rings. The minimum Gasteiger partial charge on any atom is -0.326 e. The minimum absolute atomic E-state index is 0.107. The van der Waals surface area contributed by atoms with Gasteiger partial charge in [-0.1, -0.05) is 34.1 Å². The predicted octanol–water partition coefficient (Wildman–Crippen LogP) is 2.56. The first-order valence-corrected chi connectivity index (χ1v) is 8.94. The summed E-state index contributed by atoms with van der Waals surface area (Å²) in [7, 11) is 0. The van der Waals surface area contributed by atoms with E-state index in [2.05, 4.69) is 30.8 Å². The minimum atomic E-state index is -0.135. The Balaban J connectivity index is 1.53. The van der Waals surface area contributed by atoms with Crippen molar-refractivity contribution in [1.29, 1.82) is 0 Å². The Morgan fingerprint density at radius 1 is 1.29 bits per heavy atom. The molecule has 24 heavy (non-hydrogen) atoms. The molecule has 0 bridgehead atoms. The second-order valence-corrected chi connectivity index (χ2v) is 7.00. The van der Waals surface area contributed by atoms with Gasteiger partial charge in [-0.2, -0.15) is 0 Å². The van der Waals surface area contributed by atoms with Crippen LogP contribution in [-0.2, 0) is 17.8 Å². The van der Waals surface area contributed by atoms with Gasteiger partial charge in [0.2, 0.25) is 0 Å². The summed E-state index contributed by atoms with van der Waals surface area (Å²) in [6.07, 6.45) is 5.30. The molecule has 1 N–H and O–H groups in total. The van der Waals surface area contributed by atoms with Gasteiger partial charge in [-0.3, -0.25) is 19.5 Å². The van der Waals surface area contributed by atoms with Crippen molar-refractivity contribution in [1.82, 2.24) is 14.9 Å². The Hall–Kier alpha value is -1.79. The van der Waals surface area contributed by atoms with Gasteiger partial charge in [0.15, 0.2) is 0 Å². The molecule has 126 valence electrons. The number of hydrogen-bond donors (Lipinski definition) is 1. The van der Waals surface area contributed by atoms with Gasteiger partial charge in [-0.25, -0.2) is 0 Å². The van der Waals surface area contributed by atoms with E-state index in [9.17, 15) is 9.59 Å². The van der Waals surface area contributed by atoms with Crippen LogP contribution in [0.1, 0.15) is 24.1 Å². The number of ketones is 1. The van der Waals surface area contributed by atoms with Crippen molar-refractivity contribution in [3.05, 3.63) is 62.7 Å². The topological polar surface area (TPSA) is 66.1 Å². The molecule has 5 nitrogen and oxygen atoms in total. The molecule has 0 unspecified atom stereocenters. The van der Waals surface area contributed by atoms with Crippen LogP contribution in [0.3, 0.4) is 0 Å². The normalized spacial score (nSPS) is 16.2. The lowest BCUT2D eigenvalue weighted by molar-refractivity contribution is -0.123. The van der Waals surface area contributed by atoms with E-state index in [4.69, 9.17) is 0 Å². The fourth-order valence-electron chi connectivity index (χ4n) is 3.09. The van der Waals surface area contributed by atoms with Crippen LogP contribution >= 0.6 is 15.9 Å². The van der Waals surface area contributed by atoms with Crippen LogP contribution in [0.25, 0.3) is 0 Å². The number of Topliss-reactive ketones (excluding diaryl/α,β-unsaturated/α-hetero) is 1. The Labute approximate surface area is 149 Å². The van der Waals surface area contributed by atoms with Crippen LogP contribution in [0.15, 0.2) is 45.9 Å². The van der Waals surface area contributed by atoms with Crippen LogP contribution in [0, 0.1) is 5.92 Å². The lowest BCUT2D eigenvalue weighted by atomic mass is 9.89. The monoisotopic (exact) mass is 389 g/mol. The third-order valence-corrected chi connectivity index (χ3v) is 5.29. The molecule has 1 aliphatic heterocycles. The molecular weight excluding hydrogens is 370 g/mol. The van der Waals surface area contributed by atoms with E-state index in [1.54, 1.807) is 12.4 Å². The molecule has 1 aromatic carbocycles. The highest BCUT2D eigenvalue weighted by molar-refractivity contribution is 9.10. The van der Waals surface area contributed by atoms with Crippen molar-refractivity contribution in [3.63, 3.8) is 0 Å². The zero-order valence-corrected chi connectivity index (χ0v) is 15.0. The number of aromatic amines is 1. The van der Waals surface area contributed by atoms with Gasteiger partial charge in [0.05, 0.1) is 0 Å². The summed E-state index contributed by atoms with van der Waals surface area (Å²) in [6.45, 7) is 2.19. The molecular formula is C18H20BrN3O2. The lowest BCUT2D eigenvalue weighted by Gasteiger charge is -2.30. The van der Waals surface area contributed by atoms with Gasteiger partial charge in [0, 0.05) is 35.7 Å². The number of nitrogens with zero attached hydrogens (tertiary/aromatic N) is 2. The smallest absolute Gasteiger partial charge is 0.270 e. The van der Waals surface area contributed by atoms with Crippen LogP contribution in [-0.4, -0.2) is 33.7 Å². The molecule has 2 aromatic rings. The van der Waals surface area contributed by atoms with Crippen LogP contribution < -0.4 is 5.56 Å². The molecule has 2 heterocycles. The van der Waals surface area contributed by atoms with E-state index in [1.165, 1.54) is 0 Å². The number of carbonyl (C=O) groups excluding carboxylic acids is 1. The first-order valence-electron chi connectivity index (χ1n) is 8.14. The summed E-state index contributed by atoms with van der Waals surface area (Å²) in [6, 6.07) is 7.87. The number of piperidine rings is 1. The molecule has 3 rings (SSSR count). The Bertz CT molecular complexity index is 767. The number of H-pyrrole nitrogens is 1. The van der Waals surface area contributed by atoms with E-state index in [0.717, 1.165) is 36.0 Å².